The molecule has 0 unspecified atom stereocenters. The highest BCUT2D eigenvalue weighted by atomic mass is 16.2. The molecule has 1 amide bonds. The molecule has 8 heteroatoms. The highest BCUT2D eigenvalue weighted by molar-refractivity contribution is 6.01. The maximum Gasteiger partial charge on any atom is 0.232 e. The summed E-state index contributed by atoms with van der Waals surface area (Å²) in [5.41, 5.74) is 6.89. The summed E-state index contributed by atoms with van der Waals surface area (Å²) in [6.07, 6.45) is 5.96. The Hall–Kier alpha value is -1.93. The standard InChI is InChI=1S/C21H37N7O/c1-3-5-8-23-21-24-19(22)17-16-18(29)28(20(17)25-21)11-7-10-27-14-12-26(13-15-27)9-6-4-2/h3-16H2,1-2H3,(H3,22,23,24,25). The first kappa shape index (κ1) is 21.8. The minimum Gasteiger partial charge on any atom is -0.383 e. The summed E-state index contributed by atoms with van der Waals surface area (Å²) >= 11 is 0. The molecule has 2 aliphatic heterocycles. The van der Waals surface area contributed by atoms with Crippen molar-refractivity contribution in [3.63, 3.8) is 0 Å². The lowest BCUT2D eigenvalue weighted by molar-refractivity contribution is -0.117. The Labute approximate surface area is 174 Å². The van der Waals surface area contributed by atoms with Gasteiger partial charge in [-0.05, 0) is 32.4 Å². The maximum absolute atomic E-state index is 12.5. The van der Waals surface area contributed by atoms with Gasteiger partial charge in [-0.2, -0.15) is 9.97 Å². The Balaban J connectivity index is 1.50. The van der Waals surface area contributed by atoms with Crippen molar-refractivity contribution in [3.8, 4) is 0 Å². The van der Waals surface area contributed by atoms with Crippen molar-refractivity contribution in [1.82, 2.24) is 19.8 Å². The normalized spacial score (nSPS) is 17.7. The zero-order chi connectivity index (χ0) is 20.6. The Kier molecular flexibility index (Phi) is 8.06. The molecule has 0 aliphatic carbocycles. The van der Waals surface area contributed by atoms with Gasteiger partial charge in [0.2, 0.25) is 11.9 Å². The van der Waals surface area contributed by atoms with Gasteiger partial charge in [-0.15, -0.1) is 0 Å². The lowest BCUT2D eigenvalue weighted by atomic mass is 10.2. The van der Waals surface area contributed by atoms with E-state index in [0.29, 0.717) is 30.5 Å². The van der Waals surface area contributed by atoms with Crippen LogP contribution < -0.4 is 16.0 Å². The average molecular weight is 404 g/mol. The van der Waals surface area contributed by atoms with Crippen molar-refractivity contribution in [2.45, 2.75) is 52.4 Å². The molecule has 0 bridgehead atoms. The second kappa shape index (κ2) is 10.7. The molecule has 1 saturated heterocycles. The highest BCUT2D eigenvalue weighted by Crippen LogP contribution is 2.31. The van der Waals surface area contributed by atoms with Crippen LogP contribution in [0.5, 0.6) is 0 Å². The fourth-order valence-corrected chi connectivity index (χ4v) is 4.00. The first-order valence-corrected chi connectivity index (χ1v) is 11.3. The number of fused-ring (bicyclic) bond motifs is 1. The lowest BCUT2D eigenvalue weighted by Gasteiger charge is -2.34. The van der Waals surface area contributed by atoms with Gasteiger partial charge in [0.25, 0.3) is 0 Å². The van der Waals surface area contributed by atoms with Crippen LogP contribution in [0.1, 0.15) is 51.5 Å². The second-order valence-corrected chi connectivity index (χ2v) is 8.13. The predicted molar refractivity (Wildman–Crippen MR) is 118 cm³/mol. The molecule has 29 heavy (non-hydrogen) atoms. The average Bonchev–Trinajstić information content (AvgIpc) is 3.04. The summed E-state index contributed by atoms with van der Waals surface area (Å²) in [6.45, 7) is 12.7. The molecule has 3 heterocycles. The number of nitrogen functional groups attached to an aromatic ring is 1. The number of hydrogen-bond acceptors (Lipinski definition) is 7. The first-order chi connectivity index (χ1) is 14.1. The van der Waals surface area contributed by atoms with Gasteiger partial charge in [-0.3, -0.25) is 9.69 Å². The number of nitrogens with one attached hydrogen (secondary N) is 1. The molecule has 0 aromatic carbocycles. The number of carbonyl (C=O) groups is 1. The van der Waals surface area contributed by atoms with Crippen LogP contribution in [0.2, 0.25) is 0 Å². The van der Waals surface area contributed by atoms with Gasteiger partial charge in [0.15, 0.2) is 0 Å². The van der Waals surface area contributed by atoms with Crippen molar-refractivity contribution >= 4 is 23.5 Å². The maximum atomic E-state index is 12.5. The monoisotopic (exact) mass is 403 g/mol. The molecule has 1 fully saturated rings. The van der Waals surface area contributed by atoms with E-state index in [9.17, 15) is 4.79 Å². The summed E-state index contributed by atoms with van der Waals surface area (Å²) in [6, 6.07) is 0. The van der Waals surface area contributed by atoms with Crippen molar-refractivity contribution in [1.29, 1.82) is 0 Å². The molecule has 3 rings (SSSR count). The summed E-state index contributed by atoms with van der Waals surface area (Å²) in [5.74, 6) is 1.73. The predicted octanol–water partition coefficient (Wildman–Crippen LogP) is 1.97. The van der Waals surface area contributed by atoms with Gasteiger partial charge in [0.05, 0.1) is 6.42 Å². The Morgan fingerprint density at radius 2 is 1.59 bits per heavy atom. The molecular weight excluding hydrogens is 366 g/mol. The van der Waals surface area contributed by atoms with Crippen molar-refractivity contribution < 1.29 is 4.79 Å². The second-order valence-electron chi connectivity index (χ2n) is 8.13. The summed E-state index contributed by atoms with van der Waals surface area (Å²) in [4.78, 5) is 28.4. The molecule has 8 nitrogen and oxygen atoms in total. The van der Waals surface area contributed by atoms with Gasteiger partial charge in [-0.1, -0.05) is 26.7 Å². The quantitative estimate of drug-likeness (QED) is 0.546. The van der Waals surface area contributed by atoms with Crippen LogP contribution in [-0.4, -0.2) is 78.0 Å². The molecule has 0 saturated carbocycles. The molecule has 0 atom stereocenters. The van der Waals surface area contributed by atoms with Gasteiger partial charge in [0.1, 0.15) is 11.6 Å². The van der Waals surface area contributed by atoms with Crippen LogP contribution in [0.4, 0.5) is 17.6 Å². The number of unbranched alkanes of at least 4 members (excludes halogenated alkanes) is 2. The van der Waals surface area contributed by atoms with E-state index in [1.807, 2.05) is 0 Å². The molecule has 3 N–H and O–H groups in total. The highest BCUT2D eigenvalue weighted by Gasteiger charge is 2.31. The van der Waals surface area contributed by atoms with Crippen LogP contribution in [0.25, 0.3) is 0 Å². The van der Waals surface area contributed by atoms with E-state index in [0.717, 1.165) is 64.1 Å². The number of rotatable bonds is 11. The number of anilines is 3. The Morgan fingerprint density at radius 3 is 2.24 bits per heavy atom. The van der Waals surface area contributed by atoms with E-state index in [2.05, 4.69) is 38.9 Å². The largest absolute Gasteiger partial charge is 0.383 e. The minimum atomic E-state index is 0.0797. The molecule has 0 radical (unpaired) electrons. The molecule has 2 aliphatic rings. The number of nitrogens with zero attached hydrogens (tertiary/aromatic N) is 5. The van der Waals surface area contributed by atoms with E-state index < -0.39 is 0 Å². The van der Waals surface area contributed by atoms with Crippen molar-refractivity contribution in [3.05, 3.63) is 5.56 Å². The van der Waals surface area contributed by atoms with Crippen molar-refractivity contribution in [2.75, 3.05) is 68.3 Å². The van der Waals surface area contributed by atoms with Crippen LogP contribution in [0.3, 0.4) is 0 Å². The van der Waals surface area contributed by atoms with Crippen molar-refractivity contribution in [2.24, 2.45) is 0 Å². The minimum absolute atomic E-state index is 0.0797. The van der Waals surface area contributed by atoms with E-state index in [4.69, 9.17) is 5.73 Å². The lowest BCUT2D eigenvalue weighted by Crippen LogP contribution is -2.47. The molecule has 1 aromatic rings. The number of aromatic nitrogens is 2. The molecule has 162 valence electrons. The third-order valence-electron chi connectivity index (χ3n) is 5.86. The van der Waals surface area contributed by atoms with E-state index in [1.54, 1.807) is 4.90 Å². The third kappa shape index (κ3) is 5.79. The van der Waals surface area contributed by atoms with Crippen LogP contribution in [0, 0.1) is 0 Å². The number of piperazine rings is 1. The van der Waals surface area contributed by atoms with Gasteiger partial charge in [0, 0.05) is 44.8 Å². The third-order valence-corrected chi connectivity index (χ3v) is 5.86. The van der Waals surface area contributed by atoms with Gasteiger partial charge in [-0.25, -0.2) is 0 Å². The molecular formula is C21H37N7O. The summed E-state index contributed by atoms with van der Waals surface area (Å²) in [5, 5.41) is 3.22. The number of carbonyl (C=O) groups excluding carboxylic acids is 1. The Morgan fingerprint density at radius 1 is 0.931 bits per heavy atom. The van der Waals surface area contributed by atoms with E-state index in [-0.39, 0.29) is 5.91 Å². The number of hydrogen-bond donors (Lipinski definition) is 2. The SMILES string of the molecule is CCCCNc1nc(N)c2c(n1)N(CCCN1CCN(CCCC)CC1)C(=O)C2. The van der Waals surface area contributed by atoms with E-state index in [1.165, 1.54) is 19.4 Å². The zero-order valence-electron chi connectivity index (χ0n) is 18.1. The number of amides is 1. The summed E-state index contributed by atoms with van der Waals surface area (Å²) < 4.78 is 0. The summed E-state index contributed by atoms with van der Waals surface area (Å²) in [7, 11) is 0. The van der Waals surface area contributed by atoms with Crippen LogP contribution in [-0.2, 0) is 11.2 Å². The topological polar surface area (TPSA) is 90.6 Å². The van der Waals surface area contributed by atoms with E-state index >= 15 is 0 Å². The van der Waals surface area contributed by atoms with Gasteiger partial charge < -0.3 is 20.9 Å². The number of nitrogens with two attached hydrogens (primary N) is 1. The smallest absolute Gasteiger partial charge is 0.232 e. The van der Waals surface area contributed by atoms with Crippen LogP contribution >= 0.6 is 0 Å². The van der Waals surface area contributed by atoms with Gasteiger partial charge >= 0.3 is 0 Å². The molecule has 1 aromatic heterocycles. The zero-order valence-corrected chi connectivity index (χ0v) is 18.1. The first-order valence-electron chi connectivity index (χ1n) is 11.3. The Bertz CT molecular complexity index is 673. The fraction of sp³-hybridized carbons (Fsp3) is 0.762. The van der Waals surface area contributed by atoms with Crippen LogP contribution in [0.15, 0.2) is 0 Å². The molecule has 0 spiro atoms. The fourth-order valence-electron chi connectivity index (χ4n) is 4.00.